The van der Waals surface area contributed by atoms with Gasteiger partial charge in [0.05, 0.1) is 6.20 Å². The van der Waals surface area contributed by atoms with Crippen molar-refractivity contribution in [3.05, 3.63) is 17.5 Å². The third-order valence-corrected chi connectivity index (χ3v) is 4.64. The van der Waals surface area contributed by atoms with E-state index in [1.165, 1.54) is 44.9 Å². The molecule has 2 aliphatic rings. The number of hydrogen-bond acceptors (Lipinski definition) is 3. The van der Waals surface area contributed by atoms with Crippen LogP contribution < -0.4 is 4.90 Å². The molecule has 1 saturated heterocycles. The van der Waals surface area contributed by atoms with E-state index in [1.54, 1.807) is 12.5 Å². The van der Waals surface area contributed by atoms with Gasteiger partial charge in [0.2, 0.25) is 0 Å². The van der Waals surface area contributed by atoms with Crippen molar-refractivity contribution < 1.29 is 0 Å². The Balaban J connectivity index is 1.76. The highest BCUT2D eigenvalue weighted by molar-refractivity contribution is 6.32. The van der Waals surface area contributed by atoms with E-state index in [1.807, 2.05) is 0 Å². The van der Waals surface area contributed by atoms with Crippen LogP contribution in [0.25, 0.3) is 0 Å². The summed E-state index contributed by atoms with van der Waals surface area (Å²) in [7, 11) is 0. The molecule has 0 aromatic carbocycles. The summed E-state index contributed by atoms with van der Waals surface area (Å²) < 4.78 is 0. The van der Waals surface area contributed by atoms with E-state index in [0.29, 0.717) is 11.1 Å². The number of nitrogens with zero attached hydrogens (tertiary/aromatic N) is 3. The third-order valence-electron chi connectivity index (χ3n) is 4.38. The summed E-state index contributed by atoms with van der Waals surface area (Å²) >= 11 is 6.24. The summed E-state index contributed by atoms with van der Waals surface area (Å²) in [4.78, 5) is 10.8. The van der Waals surface area contributed by atoms with Crippen molar-refractivity contribution in [3.8, 4) is 0 Å². The van der Waals surface area contributed by atoms with Crippen LogP contribution in [0, 0.1) is 5.92 Å². The van der Waals surface area contributed by atoms with Crippen molar-refractivity contribution in [1.82, 2.24) is 9.97 Å². The molecule has 0 spiro atoms. The van der Waals surface area contributed by atoms with Crippen LogP contribution in [-0.2, 0) is 0 Å². The molecule has 1 atom stereocenters. The van der Waals surface area contributed by atoms with Crippen LogP contribution in [0.5, 0.6) is 0 Å². The molecule has 1 aromatic rings. The number of piperidine rings is 1. The quantitative estimate of drug-likeness (QED) is 0.835. The van der Waals surface area contributed by atoms with Gasteiger partial charge in [0.25, 0.3) is 0 Å². The smallest absolute Gasteiger partial charge is 0.151 e. The second kappa shape index (κ2) is 5.43. The van der Waals surface area contributed by atoms with Gasteiger partial charge in [0.1, 0.15) is 11.3 Å². The Morgan fingerprint density at radius 3 is 2.83 bits per heavy atom. The van der Waals surface area contributed by atoms with Gasteiger partial charge in [0.15, 0.2) is 5.82 Å². The molecule has 1 aliphatic carbocycles. The van der Waals surface area contributed by atoms with Crippen molar-refractivity contribution in [2.45, 2.75) is 51.0 Å². The second-order valence-electron chi connectivity index (χ2n) is 5.57. The maximum absolute atomic E-state index is 6.24. The molecule has 2 heterocycles. The van der Waals surface area contributed by atoms with Gasteiger partial charge in [-0.3, -0.25) is 0 Å². The first-order valence-electron chi connectivity index (χ1n) is 7.07. The van der Waals surface area contributed by atoms with E-state index in [4.69, 9.17) is 11.6 Å². The Hall–Kier alpha value is -0.830. The number of hydrogen-bond donors (Lipinski definition) is 0. The van der Waals surface area contributed by atoms with Gasteiger partial charge >= 0.3 is 0 Å². The molecular formula is C14H20ClN3. The normalized spacial score (nSPS) is 24.9. The fourth-order valence-corrected chi connectivity index (χ4v) is 3.37. The molecule has 3 nitrogen and oxygen atoms in total. The SMILES string of the molecule is Clc1cncnc1N1CCCCC1CC1CCC1. The molecule has 0 amide bonds. The number of anilines is 1. The minimum atomic E-state index is 0.636. The number of aromatic nitrogens is 2. The van der Waals surface area contributed by atoms with Crippen molar-refractivity contribution in [1.29, 1.82) is 0 Å². The molecule has 98 valence electrons. The summed E-state index contributed by atoms with van der Waals surface area (Å²) in [5, 5.41) is 0.693. The summed E-state index contributed by atoms with van der Waals surface area (Å²) in [5.74, 6) is 1.88. The predicted molar refractivity (Wildman–Crippen MR) is 74.0 cm³/mol. The fourth-order valence-electron chi connectivity index (χ4n) is 3.16. The maximum atomic E-state index is 6.24. The Bertz CT molecular complexity index is 406. The molecular weight excluding hydrogens is 246 g/mol. The number of rotatable bonds is 3. The monoisotopic (exact) mass is 265 g/mol. The molecule has 1 aromatic heterocycles. The summed E-state index contributed by atoms with van der Waals surface area (Å²) in [6.07, 6.45) is 12.8. The first-order chi connectivity index (χ1) is 8.84. The second-order valence-corrected chi connectivity index (χ2v) is 5.98. The van der Waals surface area contributed by atoms with E-state index >= 15 is 0 Å². The lowest BCUT2D eigenvalue weighted by Gasteiger charge is -2.40. The minimum absolute atomic E-state index is 0.636. The van der Waals surface area contributed by atoms with Gasteiger partial charge in [-0.2, -0.15) is 0 Å². The topological polar surface area (TPSA) is 29.0 Å². The molecule has 4 heteroatoms. The average molecular weight is 266 g/mol. The van der Waals surface area contributed by atoms with Crippen LogP contribution in [-0.4, -0.2) is 22.6 Å². The zero-order valence-corrected chi connectivity index (χ0v) is 11.4. The van der Waals surface area contributed by atoms with Crippen LogP contribution in [0.3, 0.4) is 0 Å². The Labute approximate surface area is 114 Å². The summed E-state index contributed by atoms with van der Waals surface area (Å²) in [5.41, 5.74) is 0. The summed E-state index contributed by atoms with van der Waals surface area (Å²) in [6, 6.07) is 0.636. The molecule has 3 rings (SSSR count). The highest BCUT2D eigenvalue weighted by Crippen LogP contribution is 2.36. The Kier molecular flexibility index (Phi) is 3.69. The first-order valence-corrected chi connectivity index (χ1v) is 7.44. The van der Waals surface area contributed by atoms with Gasteiger partial charge in [-0.15, -0.1) is 0 Å². The molecule has 1 unspecified atom stereocenters. The van der Waals surface area contributed by atoms with E-state index in [0.717, 1.165) is 18.3 Å². The van der Waals surface area contributed by atoms with Crippen LogP contribution in [0.1, 0.15) is 44.9 Å². The predicted octanol–water partition coefficient (Wildman–Crippen LogP) is 3.68. The molecule has 18 heavy (non-hydrogen) atoms. The van der Waals surface area contributed by atoms with Gasteiger partial charge < -0.3 is 4.90 Å². The van der Waals surface area contributed by atoms with Gasteiger partial charge in [-0.05, 0) is 31.6 Å². The largest absolute Gasteiger partial charge is 0.352 e. The summed E-state index contributed by atoms with van der Waals surface area (Å²) in [6.45, 7) is 1.09. The molecule has 0 N–H and O–H groups in total. The Morgan fingerprint density at radius 2 is 2.11 bits per heavy atom. The van der Waals surface area contributed by atoms with Crippen molar-refractivity contribution >= 4 is 17.4 Å². The van der Waals surface area contributed by atoms with Gasteiger partial charge in [-0.1, -0.05) is 30.9 Å². The van der Waals surface area contributed by atoms with Crippen LogP contribution in [0.4, 0.5) is 5.82 Å². The van der Waals surface area contributed by atoms with E-state index < -0.39 is 0 Å². The number of halogens is 1. The standard InChI is InChI=1S/C14H20ClN3/c15-13-9-16-10-17-14(13)18-7-2-1-6-12(18)8-11-4-3-5-11/h9-12H,1-8H2. The molecule has 2 fully saturated rings. The zero-order chi connectivity index (χ0) is 12.4. The Morgan fingerprint density at radius 1 is 1.22 bits per heavy atom. The van der Waals surface area contributed by atoms with Crippen molar-refractivity contribution in [3.63, 3.8) is 0 Å². The highest BCUT2D eigenvalue weighted by atomic mass is 35.5. The molecule has 1 aliphatic heterocycles. The highest BCUT2D eigenvalue weighted by Gasteiger charge is 2.29. The van der Waals surface area contributed by atoms with Crippen LogP contribution >= 0.6 is 11.6 Å². The molecule has 1 saturated carbocycles. The average Bonchev–Trinajstić information content (AvgIpc) is 2.35. The lowest BCUT2D eigenvalue weighted by Crippen LogP contribution is -2.42. The fraction of sp³-hybridized carbons (Fsp3) is 0.714. The van der Waals surface area contributed by atoms with Crippen molar-refractivity contribution in [2.75, 3.05) is 11.4 Å². The lowest BCUT2D eigenvalue weighted by molar-refractivity contribution is 0.256. The third kappa shape index (κ3) is 2.46. The van der Waals surface area contributed by atoms with Gasteiger partial charge in [-0.25, -0.2) is 9.97 Å². The molecule has 0 bridgehead atoms. The lowest BCUT2D eigenvalue weighted by atomic mass is 9.79. The van der Waals surface area contributed by atoms with E-state index in [-0.39, 0.29) is 0 Å². The van der Waals surface area contributed by atoms with Gasteiger partial charge in [0, 0.05) is 12.6 Å². The molecule has 0 radical (unpaired) electrons. The maximum Gasteiger partial charge on any atom is 0.151 e. The van der Waals surface area contributed by atoms with Crippen LogP contribution in [0.2, 0.25) is 5.02 Å². The van der Waals surface area contributed by atoms with E-state index in [2.05, 4.69) is 14.9 Å². The van der Waals surface area contributed by atoms with Crippen molar-refractivity contribution in [2.24, 2.45) is 5.92 Å². The minimum Gasteiger partial charge on any atom is -0.352 e. The zero-order valence-electron chi connectivity index (χ0n) is 10.7. The van der Waals surface area contributed by atoms with Crippen LogP contribution in [0.15, 0.2) is 12.5 Å². The van der Waals surface area contributed by atoms with E-state index in [9.17, 15) is 0 Å². The first kappa shape index (κ1) is 12.2.